The second-order valence-corrected chi connectivity index (χ2v) is 9.06. The van der Waals surface area contributed by atoms with E-state index in [1.807, 2.05) is 32.0 Å². The highest BCUT2D eigenvalue weighted by atomic mass is 32.2. The Morgan fingerprint density at radius 3 is 2.37 bits per heavy atom. The van der Waals surface area contributed by atoms with Crippen LogP contribution in [0, 0.1) is 13.8 Å². The van der Waals surface area contributed by atoms with Crippen molar-refractivity contribution in [3.63, 3.8) is 0 Å². The number of hydrogen-bond acceptors (Lipinski definition) is 3. The van der Waals surface area contributed by atoms with E-state index in [0.29, 0.717) is 30.8 Å². The molecule has 3 rings (SSSR count). The lowest BCUT2D eigenvalue weighted by atomic mass is 10.1. The van der Waals surface area contributed by atoms with Crippen LogP contribution in [0.15, 0.2) is 47.4 Å². The van der Waals surface area contributed by atoms with Gasteiger partial charge < -0.3 is 5.32 Å². The van der Waals surface area contributed by atoms with E-state index < -0.39 is 10.0 Å². The fourth-order valence-electron chi connectivity index (χ4n) is 3.25. The zero-order chi connectivity index (χ0) is 19.4. The van der Waals surface area contributed by atoms with Crippen LogP contribution in [-0.2, 0) is 21.2 Å². The summed E-state index contributed by atoms with van der Waals surface area (Å²) in [6, 6.07) is 12.9. The summed E-state index contributed by atoms with van der Waals surface area (Å²) in [5, 5.41) is 2.95. The van der Waals surface area contributed by atoms with Gasteiger partial charge in [0.15, 0.2) is 0 Å². The molecule has 1 fully saturated rings. The van der Waals surface area contributed by atoms with Crippen LogP contribution in [0.1, 0.15) is 36.0 Å². The van der Waals surface area contributed by atoms with Crippen LogP contribution < -0.4 is 5.32 Å². The largest absolute Gasteiger partial charge is 0.326 e. The minimum Gasteiger partial charge on any atom is -0.326 e. The predicted molar refractivity (Wildman–Crippen MR) is 107 cm³/mol. The van der Waals surface area contributed by atoms with E-state index in [2.05, 4.69) is 5.32 Å². The van der Waals surface area contributed by atoms with Crippen molar-refractivity contribution in [3.05, 3.63) is 59.2 Å². The molecule has 0 atom stereocenters. The number of benzene rings is 2. The molecule has 6 heteroatoms. The molecule has 27 heavy (non-hydrogen) atoms. The number of carbonyl (C=O) groups excluding carboxylic acids is 1. The van der Waals surface area contributed by atoms with Gasteiger partial charge in [-0.1, -0.05) is 24.3 Å². The van der Waals surface area contributed by atoms with Crippen LogP contribution in [0.4, 0.5) is 5.69 Å². The number of amides is 1. The van der Waals surface area contributed by atoms with Gasteiger partial charge in [0, 0.05) is 25.2 Å². The smallest absolute Gasteiger partial charge is 0.243 e. The summed E-state index contributed by atoms with van der Waals surface area (Å²) in [5.41, 5.74) is 3.93. The lowest BCUT2D eigenvalue weighted by Crippen LogP contribution is -2.27. The number of carbonyl (C=O) groups is 1. The predicted octanol–water partition coefficient (Wildman–Crippen LogP) is 3.66. The summed E-state index contributed by atoms with van der Waals surface area (Å²) in [6.45, 7) is 5.16. The number of anilines is 1. The van der Waals surface area contributed by atoms with E-state index in [1.165, 1.54) is 0 Å². The first-order chi connectivity index (χ1) is 12.9. The standard InChI is InChI=1S/C21H26N2O3S/c1-16-5-6-17(2)20(15-16)22-21(24)12-9-18-7-10-19(11-8-18)27(25,26)23-13-3-4-14-23/h5-8,10-11,15H,3-4,9,12-14H2,1-2H3,(H,22,24). The quantitative estimate of drug-likeness (QED) is 0.824. The summed E-state index contributed by atoms with van der Waals surface area (Å²) in [4.78, 5) is 12.6. The fraction of sp³-hybridized carbons (Fsp3) is 0.381. The van der Waals surface area contributed by atoms with Gasteiger partial charge >= 0.3 is 0 Å². The van der Waals surface area contributed by atoms with Crippen molar-refractivity contribution < 1.29 is 13.2 Å². The molecule has 5 nitrogen and oxygen atoms in total. The zero-order valence-electron chi connectivity index (χ0n) is 15.9. The average Bonchev–Trinajstić information content (AvgIpc) is 3.19. The molecule has 1 heterocycles. The van der Waals surface area contributed by atoms with Crippen LogP contribution in [-0.4, -0.2) is 31.7 Å². The molecule has 1 aliphatic heterocycles. The van der Waals surface area contributed by atoms with Crippen LogP contribution >= 0.6 is 0 Å². The molecule has 0 radical (unpaired) electrons. The van der Waals surface area contributed by atoms with E-state index in [1.54, 1.807) is 28.6 Å². The Bertz CT molecular complexity index is 915. The fourth-order valence-corrected chi connectivity index (χ4v) is 4.76. The van der Waals surface area contributed by atoms with Gasteiger partial charge in [-0.3, -0.25) is 4.79 Å². The van der Waals surface area contributed by atoms with Gasteiger partial charge in [0.1, 0.15) is 0 Å². The van der Waals surface area contributed by atoms with Crippen LogP contribution in [0.5, 0.6) is 0 Å². The molecule has 1 aliphatic rings. The molecule has 2 aromatic carbocycles. The van der Waals surface area contributed by atoms with E-state index >= 15 is 0 Å². The normalized spacial score (nSPS) is 15.0. The van der Waals surface area contributed by atoms with Gasteiger partial charge in [0.2, 0.25) is 15.9 Å². The van der Waals surface area contributed by atoms with Crippen molar-refractivity contribution >= 4 is 21.6 Å². The minimum atomic E-state index is -3.38. The van der Waals surface area contributed by atoms with Crippen molar-refractivity contribution in [1.82, 2.24) is 4.31 Å². The molecule has 1 saturated heterocycles. The third kappa shape index (κ3) is 4.76. The first-order valence-corrected chi connectivity index (χ1v) is 10.8. The zero-order valence-corrected chi connectivity index (χ0v) is 16.7. The van der Waals surface area contributed by atoms with Crippen molar-refractivity contribution in [2.24, 2.45) is 0 Å². The number of hydrogen-bond donors (Lipinski definition) is 1. The van der Waals surface area contributed by atoms with Gasteiger partial charge in [0.05, 0.1) is 4.90 Å². The number of sulfonamides is 1. The molecule has 1 N–H and O–H groups in total. The number of aryl methyl sites for hydroxylation is 3. The first-order valence-electron chi connectivity index (χ1n) is 9.32. The number of nitrogens with one attached hydrogen (secondary N) is 1. The van der Waals surface area contributed by atoms with Crippen molar-refractivity contribution in [3.8, 4) is 0 Å². The monoisotopic (exact) mass is 386 g/mol. The Labute approximate surface area is 161 Å². The van der Waals surface area contributed by atoms with Crippen molar-refractivity contribution in [2.45, 2.75) is 44.4 Å². The second kappa shape index (κ2) is 8.23. The molecule has 0 spiro atoms. The molecule has 0 aromatic heterocycles. The molecule has 0 unspecified atom stereocenters. The molecular weight excluding hydrogens is 360 g/mol. The lowest BCUT2D eigenvalue weighted by Gasteiger charge is -2.15. The third-order valence-electron chi connectivity index (χ3n) is 4.93. The second-order valence-electron chi connectivity index (χ2n) is 7.12. The van der Waals surface area contributed by atoms with Gasteiger partial charge in [-0.2, -0.15) is 4.31 Å². The number of rotatable bonds is 6. The van der Waals surface area contributed by atoms with Crippen LogP contribution in [0.3, 0.4) is 0 Å². The van der Waals surface area contributed by atoms with Gasteiger partial charge in [0.25, 0.3) is 0 Å². The van der Waals surface area contributed by atoms with Crippen LogP contribution in [0.2, 0.25) is 0 Å². The molecule has 0 aliphatic carbocycles. The van der Waals surface area contributed by atoms with E-state index in [9.17, 15) is 13.2 Å². The Balaban J connectivity index is 1.58. The summed E-state index contributed by atoms with van der Waals surface area (Å²) in [5.74, 6) is -0.0440. The molecule has 1 amide bonds. The summed E-state index contributed by atoms with van der Waals surface area (Å²) in [7, 11) is -3.38. The van der Waals surface area contributed by atoms with E-state index in [-0.39, 0.29) is 5.91 Å². The van der Waals surface area contributed by atoms with Crippen LogP contribution in [0.25, 0.3) is 0 Å². The lowest BCUT2D eigenvalue weighted by molar-refractivity contribution is -0.116. The highest BCUT2D eigenvalue weighted by molar-refractivity contribution is 7.89. The average molecular weight is 387 g/mol. The Hall–Kier alpha value is -2.18. The maximum absolute atomic E-state index is 12.5. The van der Waals surface area contributed by atoms with Gasteiger partial charge in [-0.25, -0.2) is 8.42 Å². The molecule has 2 aromatic rings. The number of nitrogens with zero attached hydrogens (tertiary/aromatic N) is 1. The molecule has 0 bridgehead atoms. The Kier molecular flexibility index (Phi) is 5.97. The highest BCUT2D eigenvalue weighted by Gasteiger charge is 2.26. The third-order valence-corrected chi connectivity index (χ3v) is 6.85. The minimum absolute atomic E-state index is 0.0440. The summed E-state index contributed by atoms with van der Waals surface area (Å²) < 4.78 is 26.6. The van der Waals surface area contributed by atoms with Gasteiger partial charge in [-0.15, -0.1) is 0 Å². The maximum Gasteiger partial charge on any atom is 0.243 e. The maximum atomic E-state index is 12.5. The molecule has 0 saturated carbocycles. The Morgan fingerprint density at radius 1 is 1.04 bits per heavy atom. The topological polar surface area (TPSA) is 66.5 Å². The summed E-state index contributed by atoms with van der Waals surface area (Å²) >= 11 is 0. The van der Waals surface area contributed by atoms with Gasteiger partial charge in [-0.05, 0) is 68.0 Å². The molecule has 144 valence electrons. The summed E-state index contributed by atoms with van der Waals surface area (Å²) in [6.07, 6.45) is 2.77. The molecular formula is C21H26N2O3S. The van der Waals surface area contributed by atoms with E-state index in [4.69, 9.17) is 0 Å². The van der Waals surface area contributed by atoms with E-state index in [0.717, 1.165) is 35.2 Å². The van der Waals surface area contributed by atoms with Crippen molar-refractivity contribution in [2.75, 3.05) is 18.4 Å². The SMILES string of the molecule is Cc1ccc(C)c(NC(=O)CCc2ccc(S(=O)(=O)N3CCCC3)cc2)c1. The first kappa shape index (κ1) is 19.6. The van der Waals surface area contributed by atoms with Crippen molar-refractivity contribution in [1.29, 1.82) is 0 Å². The highest BCUT2D eigenvalue weighted by Crippen LogP contribution is 2.21. The Morgan fingerprint density at radius 2 is 1.70 bits per heavy atom.